The summed E-state index contributed by atoms with van der Waals surface area (Å²) in [6.07, 6.45) is 3.68. The van der Waals surface area contributed by atoms with Gasteiger partial charge in [-0.15, -0.1) is 0 Å². The first-order valence-electron chi connectivity index (χ1n) is 5.69. The van der Waals surface area contributed by atoms with Crippen LogP contribution in [-0.2, 0) is 15.1 Å². The molecule has 2 aliphatic rings. The van der Waals surface area contributed by atoms with Crippen molar-refractivity contribution in [1.82, 2.24) is 0 Å². The lowest BCUT2D eigenvalue weighted by atomic mass is 9.86. The van der Waals surface area contributed by atoms with Crippen LogP contribution < -0.4 is 0 Å². The van der Waals surface area contributed by atoms with Gasteiger partial charge in [0.25, 0.3) is 0 Å². The molecule has 0 amide bonds. The second kappa shape index (κ2) is 3.49. The molecule has 3 heteroatoms. The molecule has 0 aromatic heterocycles. The molecule has 84 valence electrons. The predicted molar refractivity (Wildman–Crippen MR) is 61.2 cm³/mol. The molecule has 1 aromatic rings. The zero-order valence-electron chi connectivity index (χ0n) is 8.91. The van der Waals surface area contributed by atoms with Crippen LogP contribution in [0.3, 0.4) is 0 Å². The van der Waals surface area contributed by atoms with Crippen molar-refractivity contribution in [1.29, 1.82) is 0 Å². The van der Waals surface area contributed by atoms with Crippen molar-refractivity contribution < 1.29 is 9.53 Å². The van der Waals surface area contributed by atoms with Gasteiger partial charge in [0.2, 0.25) is 0 Å². The Labute approximate surface area is 99.6 Å². The second-order valence-corrected chi connectivity index (χ2v) is 5.08. The zero-order valence-corrected chi connectivity index (χ0v) is 9.67. The highest BCUT2D eigenvalue weighted by Gasteiger charge is 2.52. The van der Waals surface area contributed by atoms with E-state index in [-0.39, 0.29) is 11.6 Å². The average Bonchev–Trinajstić information content (AvgIpc) is 3.05. The number of ether oxygens (including phenoxy) is 1. The minimum absolute atomic E-state index is 0.0677. The van der Waals surface area contributed by atoms with Crippen LogP contribution in [-0.4, -0.2) is 5.97 Å². The van der Waals surface area contributed by atoms with Gasteiger partial charge in [-0.3, -0.25) is 4.79 Å². The fraction of sp³-hybridized carbons (Fsp3) is 0.462. The maximum atomic E-state index is 11.4. The van der Waals surface area contributed by atoms with Crippen LogP contribution in [0.25, 0.3) is 0 Å². The van der Waals surface area contributed by atoms with E-state index in [2.05, 4.69) is 0 Å². The van der Waals surface area contributed by atoms with E-state index in [1.807, 2.05) is 24.3 Å². The number of carbonyl (C=O) groups is 1. The summed E-state index contributed by atoms with van der Waals surface area (Å²) < 4.78 is 5.62. The lowest BCUT2D eigenvalue weighted by Crippen LogP contribution is -2.28. The Morgan fingerprint density at radius 2 is 1.94 bits per heavy atom. The summed E-state index contributed by atoms with van der Waals surface area (Å²) in [6, 6.07) is 7.71. The van der Waals surface area contributed by atoms with Gasteiger partial charge in [0, 0.05) is 23.8 Å². The van der Waals surface area contributed by atoms with Crippen LogP contribution in [0.5, 0.6) is 0 Å². The number of cyclic esters (lactones) is 1. The normalized spacial score (nSPS) is 29.2. The fourth-order valence-electron chi connectivity index (χ4n) is 2.60. The first kappa shape index (κ1) is 10.2. The van der Waals surface area contributed by atoms with Crippen molar-refractivity contribution in [3.63, 3.8) is 0 Å². The van der Waals surface area contributed by atoms with E-state index >= 15 is 0 Å². The highest BCUT2D eigenvalue weighted by Crippen LogP contribution is 2.53. The molecular weight excluding hydrogens is 224 g/mol. The Balaban J connectivity index is 2.00. The number of esters is 1. The molecule has 1 aromatic carbocycles. The van der Waals surface area contributed by atoms with E-state index in [1.165, 1.54) is 0 Å². The van der Waals surface area contributed by atoms with E-state index in [0.717, 1.165) is 29.8 Å². The Bertz CT molecular complexity index is 422. The van der Waals surface area contributed by atoms with Gasteiger partial charge in [0.1, 0.15) is 5.60 Å². The van der Waals surface area contributed by atoms with E-state index < -0.39 is 0 Å². The molecule has 16 heavy (non-hydrogen) atoms. The Morgan fingerprint density at radius 3 is 2.44 bits per heavy atom. The van der Waals surface area contributed by atoms with E-state index in [1.54, 1.807) is 0 Å². The quantitative estimate of drug-likeness (QED) is 0.737. The average molecular weight is 237 g/mol. The Kier molecular flexibility index (Phi) is 2.21. The van der Waals surface area contributed by atoms with Crippen molar-refractivity contribution in [3.05, 3.63) is 34.9 Å². The topological polar surface area (TPSA) is 26.3 Å². The lowest BCUT2D eigenvalue weighted by molar-refractivity contribution is -0.151. The van der Waals surface area contributed by atoms with Gasteiger partial charge in [-0.25, -0.2) is 0 Å². The number of hydrogen-bond donors (Lipinski definition) is 0. The van der Waals surface area contributed by atoms with E-state index in [0.29, 0.717) is 12.3 Å². The summed E-state index contributed by atoms with van der Waals surface area (Å²) in [4.78, 5) is 11.4. The minimum atomic E-state index is -0.346. The van der Waals surface area contributed by atoms with Gasteiger partial charge >= 0.3 is 5.97 Å². The highest BCUT2D eigenvalue weighted by atomic mass is 35.5. The molecule has 1 heterocycles. The molecule has 0 N–H and O–H groups in total. The standard InChI is InChI=1S/C13H13ClO2/c14-11-5-3-10(4-6-11)13(9-1-2-9)8-7-12(15)16-13/h3-6,9H,1-2,7-8H2. The first-order valence-corrected chi connectivity index (χ1v) is 6.06. The Morgan fingerprint density at radius 1 is 1.25 bits per heavy atom. The minimum Gasteiger partial charge on any atom is -0.454 e. The number of hydrogen-bond acceptors (Lipinski definition) is 2. The molecule has 0 spiro atoms. The molecule has 0 bridgehead atoms. The maximum absolute atomic E-state index is 11.4. The molecule has 0 radical (unpaired) electrons. The molecule has 3 rings (SSSR count). The van der Waals surface area contributed by atoms with E-state index in [9.17, 15) is 4.79 Å². The molecule has 1 saturated carbocycles. The van der Waals surface area contributed by atoms with Crippen molar-refractivity contribution in [2.75, 3.05) is 0 Å². The van der Waals surface area contributed by atoms with Crippen molar-refractivity contribution in [2.24, 2.45) is 5.92 Å². The van der Waals surface area contributed by atoms with Gasteiger partial charge in [0.05, 0.1) is 0 Å². The lowest BCUT2D eigenvalue weighted by Gasteiger charge is -2.28. The zero-order chi connectivity index (χ0) is 11.2. The van der Waals surface area contributed by atoms with Crippen molar-refractivity contribution >= 4 is 17.6 Å². The summed E-state index contributed by atoms with van der Waals surface area (Å²) in [5, 5.41) is 0.721. The summed E-state index contributed by atoms with van der Waals surface area (Å²) >= 11 is 5.88. The molecule has 1 aliphatic heterocycles. The van der Waals surface area contributed by atoms with Crippen molar-refractivity contribution in [2.45, 2.75) is 31.3 Å². The van der Waals surface area contributed by atoms with Crippen LogP contribution in [0.4, 0.5) is 0 Å². The van der Waals surface area contributed by atoms with Crippen LogP contribution in [0, 0.1) is 5.92 Å². The fourth-order valence-corrected chi connectivity index (χ4v) is 2.73. The largest absolute Gasteiger partial charge is 0.454 e. The summed E-state index contributed by atoms with van der Waals surface area (Å²) in [7, 11) is 0. The number of halogens is 1. The summed E-state index contributed by atoms with van der Waals surface area (Å²) in [5.41, 5.74) is 0.757. The molecule has 1 aliphatic carbocycles. The number of benzene rings is 1. The van der Waals surface area contributed by atoms with Crippen LogP contribution in [0.1, 0.15) is 31.2 Å². The molecule has 1 atom stereocenters. The third kappa shape index (κ3) is 1.52. The van der Waals surface area contributed by atoms with Crippen LogP contribution in [0.15, 0.2) is 24.3 Å². The Hall–Kier alpha value is -1.02. The monoisotopic (exact) mass is 236 g/mol. The smallest absolute Gasteiger partial charge is 0.306 e. The van der Waals surface area contributed by atoms with Gasteiger partial charge < -0.3 is 4.74 Å². The third-order valence-corrected chi connectivity index (χ3v) is 3.82. The molecule has 2 fully saturated rings. The van der Waals surface area contributed by atoms with Crippen molar-refractivity contribution in [3.8, 4) is 0 Å². The van der Waals surface area contributed by atoms with E-state index in [4.69, 9.17) is 16.3 Å². The second-order valence-electron chi connectivity index (χ2n) is 4.64. The molecule has 2 nitrogen and oxygen atoms in total. The van der Waals surface area contributed by atoms with Gasteiger partial charge in [-0.1, -0.05) is 23.7 Å². The van der Waals surface area contributed by atoms with Gasteiger partial charge in [-0.05, 0) is 30.5 Å². The highest BCUT2D eigenvalue weighted by molar-refractivity contribution is 6.30. The van der Waals surface area contributed by atoms with Crippen LogP contribution >= 0.6 is 11.6 Å². The molecular formula is C13H13ClO2. The maximum Gasteiger partial charge on any atom is 0.306 e. The van der Waals surface area contributed by atoms with Gasteiger partial charge in [-0.2, -0.15) is 0 Å². The number of rotatable bonds is 2. The molecule has 1 saturated heterocycles. The predicted octanol–water partition coefficient (Wildman–Crippen LogP) is 3.28. The first-order chi connectivity index (χ1) is 7.71. The van der Waals surface area contributed by atoms with Gasteiger partial charge in [0.15, 0.2) is 0 Å². The summed E-state index contributed by atoms with van der Waals surface area (Å²) in [5.74, 6) is 0.446. The SMILES string of the molecule is O=C1CCC(c2ccc(Cl)cc2)(C2CC2)O1. The van der Waals surface area contributed by atoms with Crippen LogP contribution in [0.2, 0.25) is 5.02 Å². The summed E-state index contributed by atoms with van der Waals surface area (Å²) in [6.45, 7) is 0. The number of carbonyl (C=O) groups excluding carboxylic acids is 1. The third-order valence-electron chi connectivity index (χ3n) is 3.57. The molecule has 1 unspecified atom stereocenters.